The van der Waals surface area contributed by atoms with Crippen LogP contribution in [-0.2, 0) is 0 Å². The maximum atomic E-state index is 5.90. The molecule has 2 nitrogen and oxygen atoms in total. The zero-order chi connectivity index (χ0) is 13.5. The van der Waals surface area contributed by atoms with Crippen LogP contribution in [0.1, 0.15) is 38.2 Å². The average molecular weight is 264 g/mol. The lowest BCUT2D eigenvalue weighted by molar-refractivity contribution is 0.228. The highest BCUT2D eigenvalue weighted by molar-refractivity contribution is 7.80. The smallest absolute Gasteiger partial charge is 0.0816 e. The lowest BCUT2D eigenvalue weighted by atomic mass is 9.97. The van der Waals surface area contributed by atoms with Gasteiger partial charge in [0.15, 0.2) is 0 Å². The molecule has 0 bridgehead atoms. The molecule has 1 rings (SSSR count). The van der Waals surface area contributed by atoms with Gasteiger partial charge in [-0.3, -0.25) is 0 Å². The van der Waals surface area contributed by atoms with Crippen LogP contribution in [0.25, 0.3) is 0 Å². The molecule has 0 saturated carbocycles. The van der Waals surface area contributed by atoms with Crippen molar-refractivity contribution in [3.8, 4) is 0 Å². The van der Waals surface area contributed by atoms with E-state index in [-0.39, 0.29) is 5.92 Å². The predicted molar refractivity (Wildman–Crippen MR) is 83.0 cm³/mol. The molecule has 3 heteroatoms. The van der Waals surface area contributed by atoms with Gasteiger partial charge in [0.25, 0.3) is 0 Å². The highest BCUT2D eigenvalue weighted by Gasteiger charge is 2.19. The Kier molecular flexibility index (Phi) is 6.30. The van der Waals surface area contributed by atoms with Crippen molar-refractivity contribution in [2.24, 2.45) is 5.73 Å². The van der Waals surface area contributed by atoms with Crippen LogP contribution in [0.2, 0.25) is 0 Å². The number of hydrogen-bond donors (Lipinski definition) is 1. The topological polar surface area (TPSA) is 29.3 Å². The third-order valence-electron chi connectivity index (χ3n) is 3.58. The van der Waals surface area contributed by atoms with Crippen molar-refractivity contribution < 1.29 is 0 Å². The molecule has 1 unspecified atom stereocenters. The van der Waals surface area contributed by atoms with Gasteiger partial charge < -0.3 is 10.6 Å². The Morgan fingerprint density at radius 2 is 1.78 bits per heavy atom. The van der Waals surface area contributed by atoms with Gasteiger partial charge in [-0.05, 0) is 25.5 Å². The molecule has 0 radical (unpaired) electrons. The molecule has 1 atom stereocenters. The summed E-state index contributed by atoms with van der Waals surface area (Å²) in [6.07, 6.45) is 2.32. The summed E-state index contributed by atoms with van der Waals surface area (Å²) in [5.74, 6) is 0.145. The SMILES string of the molecule is CCC(CC)N(C)CC(C(N)=S)c1ccccc1. The van der Waals surface area contributed by atoms with Gasteiger partial charge >= 0.3 is 0 Å². The second-order valence-electron chi connectivity index (χ2n) is 4.78. The summed E-state index contributed by atoms with van der Waals surface area (Å²) in [7, 11) is 2.16. The van der Waals surface area contributed by atoms with Gasteiger partial charge in [0.05, 0.1) is 4.99 Å². The van der Waals surface area contributed by atoms with E-state index < -0.39 is 0 Å². The molecule has 0 aromatic heterocycles. The van der Waals surface area contributed by atoms with Crippen molar-refractivity contribution in [3.05, 3.63) is 35.9 Å². The van der Waals surface area contributed by atoms with Gasteiger partial charge in [0.1, 0.15) is 0 Å². The standard InChI is InChI=1S/C15H24N2S/c1-4-13(5-2)17(3)11-14(15(16)18)12-9-7-6-8-10-12/h6-10,13-14H,4-5,11H2,1-3H3,(H2,16,18). The first-order chi connectivity index (χ1) is 8.60. The van der Waals surface area contributed by atoms with E-state index in [9.17, 15) is 0 Å². The van der Waals surface area contributed by atoms with Crippen LogP contribution in [0.3, 0.4) is 0 Å². The minimum Gasteiger partial charge on any atom is -0.393 e. The average Bonchev–Trinajstić information content (AvgIpc) is 2.38. The van der Waals surface area contributed by atoms with Crippen molar-refractivity contribution in [2.45, 2.75) is 38.6 Å². The fourth-order valence-electron chi connectivity index (χ4n) is 2.39. The van der Waals surface area contributed by atoms with E-state index in [1.807, 2.05) is 18.2 Å². The van der Waals surface area contributed by atoms with Crippen molar-refractivity contribution in [3.63, 3.8) is 0 Å². The highest BCUT2D eigenvalue weighted by atomic mass is 32.1. The fourth-order valence-corrected chi connectivity index (χ4v) is 2.60. The molecular weight excluding hydrogens is 240 g/mol. The molecule has 0 heterocycles. The van der Waals surface area contributed by atoms with Crippen LogP contribution in [0.4, 0.5) is 0 Å². The monoisotopic (exact) mass is 264 g/mol. The van der Waals surface area contributed by atoms with Gasteiger partial charge in [-0.25, -0.2) is 0 Å². The first-order valence-electron chi connectivity index (χ1n) is 6.64. The molecule has 18 heavy (non-hydrogen) atoms. The quantitative estimate of drug-likeness (QED) is 0.767. The molecular formula is C15H24N2S. The predicted octanol–water partition coefficient (Wildman–Crippen LogP) is 3.18. The summed E-state index contributed by atoms with van der Waals surface area (Å²) in [6, 6.07) is 10.9. The van der Waals surface area contributed by atoms with Crippen LogP contribution in [-0.4, -0.2) is 29.5 Å². The number of nitrogens with two attached hydrogens (primary N) is 1. The number of likely N-dealkylation sites (N-methyl/N-ethyl adjacent to an activating group) is 1. The summed E-state index contributed by atoms with van der Waals surface area (Å²) < 4.78 is 0. The second-order valence-corrected chi connectivity index (χ2v) is 5.25. The van der Waals surface area contributed by atoms with E-state index in [0.29, 0.717) is 11.0 Å². The first kappa shape index (κ1) is 15.1. The molecule has 100 valence electrons. The van der Waals surface area contributed by atoms with Crippen LogP contribution in [0.15, 0.2) is 30.3 Å². The molecule has 1 aromatic carbocycles. The third-order valence-corrected chi connectivity index (χ3v) is 3.87. The number of hydrogen-bond acceptors (Lipinski definition) is 2. The molecule has 0 amide bonds. The van der Waals surface area contributed by atoms with E-state index in [2.05, 4.69) is 37.9 Å². The van der Waals surface area contributed by atoms with Crippen LogP contribution < -0.4 is 5.73 Å². The summed E-state index contributed by atoms with van der Waals surface area (Å²) in [4.78, 5) is 2.95. The maximum absolute atomic E-state index is 5.90. The normalized spacial score (nSPS) is 12.9. The van der Waals surface area contributed by atoms with Gasteiger partial charge in [-0.15, -0.1) is 0 Å². The number of nitrogens with zero attached hydrogens (tertiary/aromatic N) is 1. The van der Waals surface area contributed by atoms with Crippen molar-refractivity contribution >= 4 is 17.2 Å². The van der Waals surface area contributed by atoms with E-state index in [1.54, 1.807) is 0 Å². The van der Waals surface area contributed by atoms with Gasteiger partial charge in [0, 0.05) is 18.5 Å². The highest BCUT2D eigenvalue weighted by Crippen LogP contribution is 2.19. The Bertz CT molecular complexity index is 360. The molecule has 0 saturated heterocycles. The van der Waals surface area contributed by atoms with Crippen LogP contribution >= 0.6 is 12.2 Å². The summed E-state index contributed by atoms with van der Waals surface area (Å²) in [5, 5.41) is 0. The minimum absolute atomic E-state index is 0.145. The third kappa shape index (κ3) is 4.07. The Labute approximate surface area is 116 Å². The molecule has 2 N–H and O–H groups in total. The zero-order valence-electron chi connectivity index (χ0n) is 11.6. The molecule has 0 spiro atoms. The van der Waals surface area contributed by atoms with Gasteiger partial charge in [0.2, 0.25) is 0 Å². The molecule has 0 aliphatic heterocycles. The Morgan fingerprint density at radius 1 is 1.22 bits per heavy atom. The second kappa shape index (κ2) is 7.49. The van der Waals surface area contributed by atoms with Crippen molar-refractivity contribution in [1.82, 2.24) is 4.90 Å². The first-order valence-corrected chi connectivity index (χ1v) is 7.05. The van der Waals surface area contributed by atoms with E-state index in [4.69, 9.17) is 18.0 Å². The lowest BCUT2D eigenvalue weighted by Crippen LogP contribution is -2.37. The van der Waals surface area contributed by atoms with Gasteiger partial charge in [-0.1, -0.05) is 56.4 Å². The Balaban J connectivity index is 2.79. The van der Waals surface area contributed by atoms with Gasteiger partial charge in [-0.2, -0.15) is 0 Å². The lowest BCUT2D eigenvalue weighted by Gasteiger charge is -2.30. The van der Waals surface area contributed by atoms with Crippen molar-refractivity contribution in [1.29, 1.82) is 0 Å². The number of benzene rings is 1. The molecule has 0 aliphatic rings. The number of thiocarbonyl (C=S) groups is 1. The Hall–Kier alpha value is -0.930. The number of rotatable bonds is 7. The van der Waals surface area contributed by atoms with Crippen molar-refractivity contribution in [2.75, 3.05) is 13.6 Å². The summed E-state index contributed by atoms with van der Waals surface area (Å²) in [5.41, 5.74) is 7.12. The van der Waals surface area contributed by atoms with E-state index >= 15 is 0 Å². The molecule has 0 fully saturated rings. The van der Waals surface area contributed by atoms with E-state index in [0.717, 1.165) is 19.4 Å². The van der Waals surface area contributed by atoms with Crippen LogP contribution in [0, 0.1) is 0 Å². The largest absolute Gasteiger partial charge is 0.393 e. The fraction of sp³-hybridized carbons (Fsp3) is 0.533. The summed E-state index contributed by atoms with van der Waals surface area (Å²) >= 11 is 5.23. The summed E-state index contributed by atoms with van der Waals surface area (Å²) in [6.45, 7) is 5.34. The minimum atomic E-state index is 0.145. The zero-order valence-corrected chi connectivity index (χ0v) is 12.4. The van der Waals surface area contributed by atoms with E-state index in [1.165, 1.54) is 5.56 Å². The molecule has 1 aromatic rings. The molecule has 0 aliphatic carbocycles. The van der Waals surface area contributed by atoms with Crippen LogP contribution in [0.5, 0.6) is 0 Å². The maximum Gasteiger partial charge on any atom is 0.0816 e. The Morgan fingerprint density at radius 3 is 2.22 bits per heavy atom.